The summed E-state index contributed by atoms with van der Waals surface area (Å²) in [5, 5.41) is 15.0. The molecule has 0 radical (unpaired) electrons. The summed E-state index contributed by atoms with van der Waals surface area (Å²) in [6.45, 7) is 2.01. The molecule has 2 heterocycles. The van der Waals surface area contributed by atoms with Gasteiger partial charge in [0.1, 0.15) is 12.0 Å². The summed E-state index contributed by atoms with van der Waals surface area (Å²) < 4.78 is 1.60. The number of nitrogens with zero attached hydrogens (tertiary/aromatic N) is 5. The second-order valence-electron chi connectivity index (χ2n) is 7.02. The van der Waals surface area contributed by atoms with Crippen LogP contribution in [0.15, 0.2) is 85.2 Å². The molecule has 142 valence electrons. The molecule has 3 aromatic carbocycles. The Kier molecular flexibility index (Phi) is 3.87. The van der Waals surface area contributed by atoms with E-state index in [-0.39, 0.29) is 5.91 Å². The maximum absolute atomic E-state index is 13.6. The van der Waals surface area contributed by atoms with Crippen molar-refractivity contribution >= 4 is 17.3 Å². The number of amides is 1. The van der Waals surface area contributed by atoms with Gasteiger partial charge in [-0.2, -0.15) is 0 Å². The van der Waals surface area contributed by atoms with Gasteiger partial charge in [-0.15, -0.1) is 5.10 Å². The number of nitrogens with one attached hydrogen (secondary N) is 1. The number of tetrazole rings is 1. The van der Waals surface area contributed by atoms with Crippen LogP contribution in [0.3, 0.4) is 0 Å². The van der Waals surface area contributed by atoms with Crippen LogP contribution in [0.2, 0.25) is 0 Å². The number of fused-ring (bicyclic) bond motifs is 1. The van der Waals surface area contributed by atoms with Gasteiger partial charge in [0.25, 0.3) is 5.91 Å². The fraction of sp³-hybridized carbons (Fsp3) is 0.0909. The highest BCUT2D eigenvalue weighted by atomic mass is 16.2. The molecule has 1 atom stereocenters. The van der Waals surface area contributed by atoms with Crippen molar-refractivity contribution in [2.24, 2.45) is 0 Å². The number of hydrogen-bond donors (Lipinski definition) is 1. The van der Waals surface area contributed by atoms with Gasteiger partial charge in [-0.05, 0) is 59.3 Å². The summed E-state index contributed by atoms with van der Waals surface area (Å²) in [5.74, 6) is -0.0547. The zero-order chi connectivity index (χ0) is 19.8. The second kappa shape index (κ2) is 6.56. The van der Waals surface area contributed by atoms with E-state index in [1.807, 2.05) is 85.8 Å². The highest BCUT2D eigenvalue weighted by Gasteiger charge is 2.43. The first-order valence-electron chi connectivity index (χ1n) is 9.27. The van der Waals surface area contributed by atoms with Crippen molar-refractivity contribution in [2.75, 3.05) is 10.2 Å². The van der Waals surface area contributed by atoms with E-state index < -0.39 is 5.66 Å². The van der Waals surface area contributed by atoms with E-state index in [4.69, 9.17) is 0 Å². The molecule has 1 aliphatic rings. The lowest BCUT2D eigenvalue weighted by molar-refractivity contribution is 0.0956. The molecule has 0 saturated heterocycles. The van der Waals surface area contributed by atoms with E-state index in [9.17, 15) is 4.79 Å². The normalized spacial score (nSPS) is 18.2. The Balaban J connectivity index is 1.70. The molecule has 1 amide bonds. The maximum Gasteiger partial charge on any atom is 0.262 e. The zero-order valence-corrected chi connectivity index (χ0v) is 15.7. The highest BCUT2D eigenvalue weighted by Crippen LogP contribution is 2.41. The minimum absolute atomic E-state index is 0.0547. The number of carbonyl (C=O) groups is 1. The van der Waals surface area contributed by atoms with Crippen LogP contribution >= 0.6 is 0 Å². The third kappa shape index (κ3) is 2.75. The fourth-order valence-electron chi connectivity index (χ4n) is 3.80. The van der Waals surface area contributed by atoms with Crippen LogP contribution in [-0.2, 0) is 5.66 Å². The first-order chi connectivity index (χ1) is 14.2. The van der Waals surface area contributed by atoms with Crippen molar-refractivity contribution in [3.8, 4) is 5.69 Å². The van der Waals surface area contributed by atoms with Gasteiger partial charge in [-0.1, -0.05) is 42.5 Å². The third-order valence-corrected chi connectivity index (χ3v) is 5.22. The summed E-state index contributed by atoms with van der Waals surface area (Å²) in [6, 6.07) is 25.1. The van der Waals surface area contributed by atoms with E-state index in [0.717, 1.165) is 22.6 Å². The molecule has 29 heavy (non-hydrogen) atoms. The van der Waals surface area contributed by atoms with Crippen molar-refractivity contribution in [3.05, 3.63) is 96.3 Å². The van der Waals surface area contributed by atoms with Crippen LogP contribution in [0.25, 0.3) is 5.69 Å². The van der Waals surface area contributed by atoms with E-state index in [1.54, 1.807) is 15.9 Å². The fourth-order valence-corrected chi connectivity index (χ4v) is 3.80. The first kappa shape index (κ1) is 17.1. The largest absolute Gasteiger partial charge is 0.358 e. The Morgan fingerprint density at radius 1 is 0.897 bits per heavy atom. The lowest BCUT2D eigenvalue weighted by Crippen LogP contribution is -2.56. The first-order valence-corrected chi connectivity index (χ1v) is 9.27. The van der Waals surface area contributed by atoms with Crippen molar-refractivity contribution in [3.63, 3.8) is 0 Å². The number of benzene rings is 3. The average Bonchev–Trinajstić information content (AvgIpc) is 3.30. The van der Waals surface area contributed by atoms with Crippen molar-refractivity contribution in [1.82, 2.24) is 20.2 Å². The molecule has 4 aromatic rings. The van der Waals surface area contributed by atoms with Gasteiger partial charge in [0.05, 0.1) is 11.3 Å². The minimum atomic E-state index is -0.809. The number of aromatic nitrogens is 4. The van der Waals surface area contributed by atoms with Crippen LogP contribution in [0.1, 0.15) is 22.8 Å². The van der Waals surface area contributed by atoms with Gasteiger partial charge in [0, 0.05) is 11.4 Å². The van der Waals surface area contributed by atoms with Crippen LogP contribution in [0, 0.1) is 0 Å². The number of anilines is 2. The zero-order valence-electron chi connectivity index (χ0n) is 15.7. The average molecular weight is 382 g/mol. The Morgan fingerprint density at radius 2 is 1.66 bits per heavy atom. The van der Waals surface area contributed by atoms with Gasteiger partial charge in [-0.3, -0.25) is 9.69 Å². The Hall–Kier alpha value is -4.00. The lowest BCUT2D eigenvalue weighted by Gasteiger charge is -2.46. The summed E-state index contributed by atoms with van der Waals surface area (Å²) in [7, 11) is 0. The van der Waals surface area contributed by atoms with Crippen LogP contribution in [0.5, 0.6) is 0 Å². The number of carbonyl (C=O) groups excluding carboxylic acids is 1. The van der Waals surface area contributed by atoms with Gasteiger partial charge < -0.3 is 5.32 Å². The Bertz CT molecular complexity index is 1170. The molecule has 7 heteroatoms. The molecule has 0 aliphatic carbocycles. The monoisotopic (exact) mass is 382 g/mol. The third-order valence-electron chi connectivity index (χ3n) is 5.22. The van der Waals surface area contributed by atoms with Gasteiger partial charge in [0.15, 0.2) is 0 Å². The molecule has 1 aromatic heterocycles. The van der Waals surface area contributed by atoms with Crippen molar-refractivity contribution in [2.45, 2.75) is 12.6 Å². The predicted octanol–water partition coefficient (Wildman–Crippen LogP) is 3.61. The molecule has 0 unspecified atom stereocenters. The molecule has 0 saturated carbocycles. The van der Waals surface area contributed by atoms with E-state index in [1.165, 1.54) is 0 Å². The Labute approximate surface area is 167 Å². The smallest absolute Gasteiger partial charge is 0.262 e. The molecular formula is C22H18N6O. The van der Waals surface area contributed by atoms with Gasteiger partial charge in [0.2, 0.25) is 0 Å². The van der Waals surface area contributed by atoms with E-state index >= 15 is 0 Å². The maximum atomic E-state index is 13.6. The van der Waals surface area contributed by atoms with Crippen molar-refractivity contribution < 1.29 is 4.79 Å². The van der Waals surface area contributed by atoms with Crippen LogP contribution in [-0.4, -0.2) is 26.1 Å². The van der Waals surface area contributed by atoms with E-state index in [0.29, 0.717) is 5.56 Å². The molecule has 7 nitrogen and oxygen atoms in total. The highest BCUT2D eigenvalue weighted by molar-refractivity contribution is 6.12. The molecular weight excluding hydrogens is 364 g/mol. The topological polar surface area (TPSA) is 75.9 Å². The van der Waals surface area contributed by atoms with Crippen molar-refractivity contribution in [1.29, 1.82) is 0 Å². The van der Waals surface area contributed by atoms with Crippen LogP contribution in [0.4, 0.5) is 11.4 Å². The summed E-state index contributed by atoms with van der Waals surface area (Å²) >= 11 is 0. The van der Waals surface area contributed by atoms with Gasteiger partial charge >= 0.3 is 0 Å². The number of rotatable bonds is 3. The molecule has 1 N–H and O–H groups in total. The minimum Gasteiger partial charge on any atom is -0.358 e. The summed E-state index contributed by atoms with van der Waals surface area (Å²) in [5.41, 5.74) is 3.18. The summed E-state index contributed by atoms with van der Waals surface area (Å²) in [4.78, 5) is 15.4. The molecule has 1 aliphatic heterocycles. The Morgan fingerprint density at radius 3 is 2.45 bits per heavy atom. The number of para-hydroxylation sites is 2. The number of hydrogen-bond acceptors (Lipinski definition) is 5. The molecule has 0 spiro atoms. The molecule has 0 fully saturated rings. The molecule has 0 bridgehead atoms. The van der Waals surface area contributed by atoms with Crippen LogP contribution < -0.4 is 10.2 Å². The second-order valence-corrected chi connectivity index (χ2v) is 7.02. The summed E-state index contributed by atoms with van der Waals surface area (Å²) in [6.07, 6.45) is 1.55. The lowest BCUT2D eigenvalue weighted by atomic mass is 9.92. The quantitative estimate of drug-likeness (QED) is 0.586. The predicted molar refractivity (Wildman–Crippen MR) is 110 cm³/mol. The van der Waals surface area contributed by atoms with E-state index in [2.05, 4.69) is 20.8 Å². The SMILES string of the molecule is C[C@]1(c2cccc(-n3cnnn3)c2)Nc2ccccc2C(=O)N1c1ccccc1. The standard InChI is InChI=1S/C22H18N6O/c1-22(16-8-7-11-18(14-16)27-15-23-25-26-27)24-20-13-6-5-12-19(20)21(29)28(22)17-9-3-2-4-10-17/h2-15,24H,1H3/t22-/m0/s1. The molecule has 5 rings (SSSR count). The van der Waals surface area contributed by atoms with Gasteiger partial charge in [-0.25, -0.2) is 4.68 Å².